The Morgan fingerprint density at radius 1 is 1.08 bits per heavy atom. The van der Waals surface area contributed by atoms with Crippen LogP contribution < -0.4 is 5.73 Å². The molecule has 0 saturated heterocycles. The van der Waals surface area contributed by atoms with Crippen LogP contribution >= 0.6 is 0 Å². The molecule has 0 heterocycles. The Labute approximate surface area is 74.0 Å². The zero-order valence-corrected chi connectivity index (χ0v) is 7.91. The summed E-state index contributed by atoms with van der Waals surface area (Å²) in [7, 11) is 1.65. The summed E-state index contributed by atoms with van der Waals surface area (Å²) in [5.41, 5.74) is 5.47. The minimum absolute atomic E-state index is 0.101. The van der Waals surface area contributed by atoms with E-state index in [9.17, 15) is 0 Å². The topological polar surface area (TPSA) is 53.7 Å². The van der Waals surface area contributed by atoms with E-state index in [2.05, 4.69) is 0 Å². The summed E-state index contributed by atoms with van der Waals surface area (Å²) in [5, 5.41) is 0. The number of nitrogens with two attached hydrogens (primary N) is 1. The van der Waals surface area contributed by atoms with E-state index in [0.717, 1.165) is 0 Å². The van der Waals surface area contributed by atoms with Gasteiger partial charge < -0.3 is 19.9 Å². The Morgan fingerprint density at radius 2 is 1.67 bits per heavy atom. The lowest BCUT2D eigenvalue weighted by atomic mass is 10.4. The van der Waals surface area contributed by atoms with Gasteiger partial charge in [-0.05, 0) is 6.92 Å². The summed E-state index contributed by atoms with van der Waals surface area (Å²) < 4.78 is 15.2. The molecule has 2 N–H and O–H groups in total. The van der Waals surface area contributed by atoms with Crippen molar-refractivity contribution >= 4 is 0 Å². The Kier molecular flexibility index (Phi) is 8.81. The monoisotopic (exact) mass is 177 g/mol. The molecule has 0 spiro atoms. The van der Waals surface area contributed by atoms with Crippen molar-refractivity contribution in [1.82, 2.24) is 0 Å². The highest BCUT2D eigenvalue weighted by Crippen LogP contribution is 1.81. The molecule has 4 heteroatoms. The van der Waals surface area contributed by atoms with Crippen LogP contribution in [0.1, 0.15) is 6.92 Å². The van der Waals surface area contributed by atoms with Crippen LogP contribution in [-0.2, 0) is 14.2 Å². The van der Waals surface area contributed by atoms with Crippen molar-refractivity contribution in [1.29, 1.82) is 0 Å². The zero-order valence-electron chi connectivity index (χ0n) is 7.91. The highest BCUT2D eigenvalue weighted by molar-refractivity contribution is 4.47. The lowest BCUT2D eigenvalue weighted by Gasteiger charge is -2.07. The van der Waals surface area contributed by atoms with Crippen LogP contribution in [0.15, 0.2) is 0 Å². The van der Waals surface area contributed by atoms with E-state index < -0.39 is 0 Å². The summed E-state index contributed by atoms with van der Waals surface area (Å²) in [6.07, 6.45) is 0. The number of rotatable bonds is 8. The first-order valence-corrected chi connectivity index (χ1v) is 4.17. The fraction of sp³-hybridized carbons (Fsp3) is 1.00. The SMILES string of the molecule is COCCOCCOCC(C)N. The van der Waals surface area contributed by atoms with Crippen LogP contribution in [-0.4, -0.2) is 46.2 Å². The van der Waals surface area contributed by atoms with Crippen molar-refractivity contribution in [3.63, 3.8) is 0 Å². The minimum atomic E-state index is 0.101. The lowest BCUT2D eigenvalue weighted by molar-refractivity contribution is 0.0226. The van der Waals surface area contributed by atoms with Gasteiger partial charge in [-0.3, -0.25) is 0 Å². The number of ether oxygens (including phenoxy) is 3. The molecule has 74 valence electrons. The molecule has 0 aliphatic rings. The Hall–Kier alpha value is -0.160. The van der Waals surface area contributed by atoms with E-state index in [1.54, 1.807) is 7.11 Å². The third-order valence-electron chi connectivity index (χ3n) is 1.18. The molecule has 12 heavy (non-hydrogen) atoms. The van der Waals surface area contributed by atoms with E-state index in [0.29, 0.717) is 33.0 Å². The van der Waals surface area contributed by atoms with Crippen LogP contribution in [0.4, 0.5) is 0 Å². The molecule has 0 aliphatic heterocycles. The quantitative estimate of drug-likeness (QED) is 0.531. The fourth-order valence-electron chi connectivity index (χ4n) is 0.631. The highest BCUT2D eigenvalue weighted by Gasteiger charge is 1.93. The molecular formula is C8H19NO3. The van der Waals surface area contributed by atoms with Crippen LogP contribution in [0.25, 0.3) is 0 Å². The van der Waals surface area contributed by atoms with Crippen molar-refractivity contribution in [3.8, 4) is 0 Å². The van der Waals surface area contributed by atoms with Crippen LogP contribution in [0.3, 0.4) is 0 Å². The van der Waals surface area contributed by atoms with Crippen LogP contribution in [0.5, 0.6) is 0 Å². The van der Waals surface area contributed by atoms with Gasteiger partial charge in [-0.1, -0.05) is 0 Å². The van der Waals surface area contributed by atoms with Gasteiger partial charge in [-0.2, -0.15) is 0 Å². The van der Waals surface area contributed by atoms with E-state index in [-0.39, 0.29) is 6.04 Å². The fourth-order valence-corrected chi connectivity index (χ4v) is 0.631. The van der Waals surface area contributed by atoms with Gasteiger partial charge in [0.1, 0.15) is 0 Å². The van der Waals surface area contributed by atoms with E-state index >= 15 is 0 Å². The van der Waals surface area contributed by atoms with Gasteiger partial charge in [0.05, 0.1) is 33.0 Å². The predicted molar refractivity (Wildman–Crippen MR) is 47.2 cm³/mol. The smallest absolute Gasteiger partial charge is 0.0701 e. The zero-order chi connectivity index (χ0) is 9.23. The van der Waals surface area contributed by atoms with Crippen molar-refractivity contribution in [2.24, 2.45) is 5.73 Å². The summed E-state index contributed by atoms with van der Waals surface area (Å²) >= 11 is 0. The van der Waals surface area contributed by atoms with Crippen molar-refractivity contribution < 1.29 is 14.2 Å². The van der Waals surface area contributed by atoms with Crippen LogP contribution in [0.2, 0.25) is 0 Å². The standard InChI is InChI=1S/C8H19NO3/c1-8(9)7-12-6-5-11-4-3-10-2/h8H,3-7,9H2,1-2H3. The second kappa shape index (κ2) is 8.93. The molecule has 1 atom stereocenters. The van der Waals surface area contributed by atoms with Gasteiger partial charge in [0.2, 0.25) is 0 Å². The summed E-state index contributed by atoms with van der Waals surface area (Å²) in [6.45, 7) is 4.96. The Morgan fingerprint density at radius 3 is 2.25 bits per heavy atom. The Balaban J connectivity index is 2.82. The van der Waals surface area contributed by atoms with Gasteiger partial charge in [0, 0.05) is 13.2 Å². The van der Waals surface area contributed by atoms with Crippen LogP contribution in [0, 0.1) is 0 Å². The van der Waals surface area contributed by atoms with E-state index in [1.165, 1.54) is 0 Å². The minimum Gasteiger partial charge on any atom is -0.382 e. The molecular weight excluding hydrogens is 158 g/mol. The summed E-state index contributed by atoms with van der Waals surface area (Å²) in [6, 6.07) is 0.101. The molecule has 0 saturated carbocycles. The molecule has 0 radical (unpaired) electrons. The normalized spacial score (nSPS) is 13.2. The highest BCUT2D eigenvalue weighted by atomic mass is 16.5. The summed E-state index contributed by atoms with van der Waals surface area (Å²) in [4.78, 5) is 0. The third kappa shape index (κ3) is 9.84. The first kappa shape index (κ1) is 11.8. The summed E-state index contributed by atoms with van der Waals surface area (Å²) in [5.74, 6) is 0. The molecule has 1 unspecified atom stereocenters. The van der Waals surface area contributed by atoms with E-state index in [4.69, 9.17) is 19.9 Å². The first-order chi connectivity index (χ1) is 5.77. The number of methoxy groups -OCH3 is 1. The van der Waals surface area contributed by atoms with Gasteiger partial charge in [-0.15, -0.1) is 0 Å². The molecule has 0 amide bonds. The average molecular weight is 177 g/mol. The predicted octanol–water partition coefficient (Wildman–Crippen LogP) is 0.0132. The molecule has 0 aromatic carbocycles. The van der Waals surface area contributed by atoms with Gasteiger partial charge in [0.25, 0.3) is 0 Å². The third-order valence-corrected chi connectivity index (χ3v) is 1.18. The van der Waals surface area contributed by atoms with Crippen molar-refractivity contribution in [3.05, 3.63) is 0 Å². The number of hydrogen-bond acceptors (Lipinski definition) is 4. The molecule has 0 aliphatic carbocycles. The van der Waals surface area contributed by atoms with Crippen molar-refractivity contribution in [2.75, 3.05) is 40.1 Å². The lowest BCUT2D eigenvalue weighted by Crippen LogP contribution is -2.23. The maximum Gasteiger partial charge on any atom is 0.0701 e. The maximum atomic E-state index is 5.47. The van der Waals surface area contributed by atoms with Gasteiger partial charge in [-0.25, -0.2) is 0 Å². The molecule has 0 fully saturated rings. The van der Waals surface area contributed by atoms with Gasteiger partial charge >= 0.3 is 0 Å². The van der Waals surface area contributed by atoms with E-state index in [1.807, 2.05) is 6.92 Å². The number of hydrogen-bond donors (Lipinski definition) is 1. The maximum absolute atomic E-state index is 5.47. The molecule has 0 aromatic rings. The Bertz CT molecular complexity index is 88.4. The average Bonchev–Trinajstić information content (AvgIpc) is 2.02. The first-order valence-electron chi connectivity index (χ1n) is 4.17. The molecule has 0 bridgehead atoms. The molecule has 0 rings (SSSR count). The molecule has 4 nitrogen and oxygen atoms in total. The second-order valence-corrected chi connectivity index (χ2v) is 2.66. The molecule has 0 aromatic heterocycles. The van der Waals surface area contributed by atoms with Crippen molar-refractivity contribution in [2.45, 2.75) is 13.0 Å². The van der Waals surface area contributed by atoms with Gasteiger partial charge in [0.15, 0.2) is 0 Å². The second-order valence-electron chi connectivity index (χ2n) is 2.66. The largest absolute Gasteiger partial charge is 0.382 e.